The average Bonchev–Trinajstić information content (AvgIpc) is 3.75. The van der Waals surface area contributed by atoms with Crippen molar-refractivity contribution in [2.24, 2.45) is 0 Å². The predicted octanol–water partition coefficient (Wildman–Crippen LogP) is 10.7. The molecule has 0 spiro atoms. The molecule has 5 nitrogen and oxygen atoms in total. The Bertz CT molecular complexity index is 2580. The first-order valence-electron chi connectivity index (χ1n) is 15.3. The minimum atomic E-state index is -0.224. The fraction of sp³-hybridized carbons (Fsp3) is 0.100. The van der Waals surface area contributed by atoms with Gasteiger partial charge in [0.2, 0.25) is 0 Å². The van der Waals surface area contributed by atoms with Gasteiger partial charge in [0.25, 0.3) is 0 Å². The molecule has 4 aromatic heterocycles. The molecule has 4 heterocycles. The zero-order valence-corrected chi connectivity index (χ0v) is 25.3. The van der Waals surface area contributed by atoms with Crippen molar-refractivity contribution >= 4 is 54.8 Å². The third-order valence-corrected chi connectivity index (χ3v) is 8.87. The Hall–Kier alpha value is -5.68. The van der Waals surface area contributed by atoms with E-state index in [9.17, 15) is 0 Å². The zero-order valence-electron chi connectivity index (χ0n) is 25.3. The van der Waals surface area contributed by atoms with Crippen molar-refractivity contribution < 1.29 is 4.42 Å². The van der Waals surface area contributed by atoms with Crippen molar-refractivity contribution in [1.82, 2.24) is 19.5 Å². The number of rotatable bonds is 3. The molecule has 45 heavy (non-hydrogen) atoms. The lowest BCUT2D eigenvalue weighted by atomic mass is 9.96. The van der Waals surface area contributed by atoms with Crippen LogP contribution in [0.25, 0.3) is 88.5 Å². The number of fused-ring (bicyclic) bond motifs is 7. The minimum absolute atomic E-state index is 0.224. The molecule has 0 saturated carbocycles. The molecule has 0 aliphatic rings. The highest BCUT2D eigenvalue weighted by Gasteiger charge is 2.26. The van der Waals surface area contributed by atoms with Gasteiger partial charge in [-0.2, -0.15) is 0 Å². The third kappa shape index (κ3) is 3.87. The van der Waals surface area contributed by atoms with Crippen LogP contribution in [-0.2, 0) is 5.54 Å². The lowest BCUT2D eigenvalue weighted by Gasteiger charge is -2.25. The molecule has 216 valence electrons. The van der Waals surface area contributed by atoms with Crippen molar-refractivity contribution in [3.8, 4) is 33.8 Å². The summed E-state index contributed by atoms with van der Waals surface area (Å²) in [5.41, 5.74) is 10.9. The number of hydrogen-bond donors (Lipinski definition) is 1. The molecule has 0 radical (unpaired) electrons. The number of aromatic nitrogens is 4. The monoisotopic (exact) mass is 582 g/mol. The van der Waals surface area contributed by atoms with Crippen LogP contribution in [0, 0.1) is 0 Å². The summed E-state index contributed by atoms with van der Waals surface area (Å²) in [4.78, 5) is 13.9. The van der Waals surface area contributed by atoms with E-state index in [0.717, 1.165) is 77.8 Å². The van der Waals surface area contributed by atoms with Crippen LogP contribution >= 0.6 is 0 Å². The first kappa shape index (κ1) is 25.8. The minimum Gasteiger partial charge on any atom is -0.456 e. The van der Waals surface area contributed by atoms with Gasteiger partial charge in [0.15, 0.2) is 0 Å². The molecule has 0 fully saturated rings. The van der Waals surface area contributed by atoms with Crippen molar-refractivity contribution in [2.45, 2.75) is 26.3 Å². The van der Waals surface area contributed by atoms with Gasteiger partial charge in [-0.25, -0.2) is 4.98 Å². The van der Waals surface area contributed by atoms with Gasteiger partial charge in [-0.3, -0.25) is 4.98 Å². The second kappa shape index (κ2) is 9.41. The summed E-state index contributed by atoms with van der Waals surface area (Å²) in [6, 6.07) is 40.2. The van der Waals surface area contributed by atoms with Gasteiger partial charge >= 0.3 is 0 Å². The van der Waals surface area contributed by atoms with E-state index in [1.54, 1.807) is 0 Å². The average molecular weight is 583 g/mol. The first-order chi connectivity index (χ1) is 22.0. The summed E-state index contributed by atoms with van der Waals surface area (Å²) in [6.07, 6.45) is 1.85. The Balaban J connectivity index is 1.35. The first-order valence-corrected chi connectivity index (χ1v) is 15.3. The molecule has 5 heteroatoms. The number of benzene rings is 5. The molecule has 0 saturated heterocycles. The van der Waals surface area contributed by atoms with Crippen LogP contribution in [0.5, 0.6) is 0 Å². The number of imidazole rings is 1. The summed E-state index contributed by atoms with van der Waals surface area (Å²) < 4.78 is 8.84. The van der Waals surface area contributed by atoms with E-state index >= 15 is 0 Å². The lowest BCUT2D eigenvalue weighted by molar-refractivity contribution is 0.413. The van der Waals surface area contributed by atoms with Gasteiger partial charge in [-0.05, 0) is 74.9 Å². The highest BCUT2D eigenvalue weighted by Crippen LogP contribution is 2.43. The molecule has 0 unspecified atom stereocenters. The highest BCUT2D eigenvalue weighted by molar-refractivity contribution is 6.14. The smallest absolute Gasteiger partial charge is 0.143 e. The Kier molecular flexibility index (Phi) is 5.39. The van der Waals surface area contributed by atoms with Gasteiger partial charge < -0.3 is 14.0 Å². The van der Waals surface area contributed by atoms with Crippen LogP contribution in [-0.4, -0.2) is 19.5 Å². The number of para-hydroxylation sites is 4. The van der Waals surface area contributed by atoms with Crippen molar-refractivity contribution in [3.05, 3.63) is 121 Å². The maximum atomic E-state index is 6.46. The molecule has 9 aromatic rings. The Labute approximate surface area is 259 Å². The van der Waals surface area contributed by atoms with Crippen LogP contribution < -0.4 is 0 Å². The molecular formula is C40H30N4O. The molecule has 5 aromatic carbocycles. The third-order valence-electron chi connectivity index (χ3n) is 8.87. The van der Waals surface area contributed by atoms with Gasteiger partial charge in [0.1, 0.15) is 17.0 Å². The number of nitrogens with one attached hydrogen (secondary N) is 1. The number of aromatic amines is 1. The zero-order chi connectivity index (χ0) is 30.3. The summed E-state index contributed by atoms with van der Waals surface area (Å²) in [6.45, 7) is 6.74. The Morgan fingerprint density at radius 3 is 2.27 bits per heavy atom. The lowest BCUT2D eigenvalue weighted by Crippen LogP contribution is -2.22. The molecule has 0 atom stereocenters. The van der Waals surface area contributed by atoms with Crippen molar-refractivity contribution in [1.29, 1.82) is 0 Å². The van der Waals surface area contributed by atoms with E-state index < -0.39 is 0 Å². The van der Waals surface area contributed by atoms with Crippen LogP contribution in [0.2, 0.25) is 0 Å². The largest absolute Gasteiger partial charge is 0.456 e. The molecule has 0 amide bonds. The number of nitrogens with zero attached hydrogens (tertiary/aromatic N) is 3. The van der Waals surface area contributed by atoms with Gasteiger partial charge in [-0.15, -0.1) is 0 Å². The maximum Gasteiger partial charge on any atom is 0.143 e. The van der Waals surface area contributed by atoms with E-state index in [-0.39, 0.29) is 5.54 Å². The number of pyridine rings is 1. The van der Waals surface area contributed by atoms with Gasteiger partial charge in [0.05, 0.1) is 22.2 Å². The Morgan fingerprint density at radius 1 is 0.667 bits per heavy atom. The quantitative estimate of drug-likeness (QED) is 0.225. The molecule has 1 N–H and O–H groups in total. The van der Waals surface area contributed by atoms with Crippen molar-refractivity contribution in [3.63, 3.8) is 0 Å². The SMILES string of the molecule is CC(C)(C)n1c(-c2cccc3c2[nH]c2ccccc23)nc2c(-c3cc(-c4ccccn4)c4c(c3)oc3ccccc34)cccc21. The molecule has 9 rings (SSSR count). The highest BCUT2D eigenvalue weighted by atomic mass is 16.3. The molecule has 0 aliphatic heterocycles. The number of H-pyrrole nitrogens is 1. The Morgan fingerprint density at radius 2 is 1.42 bits per heavy atom. The van der Waals surface area contributed by atoms with Gasteiger partial charge in [0, 0.05) is 55.5 Å². The van der Waals surface area contributed by atoms with E-state index in [1.807, 2.05) is 30.5 Å². The summed E-state index contributed by atoms with van der Waals surface area (Å²) >= 11 is 0. The number of hydrogen-bond acceptors (Lipinski definition) is 3. The van der Waals surface area contributed by atoms with Gasteiger partial charge in [-0.1, -0.05) is 66.7 Å². The fourth-order valence-electron chi connectivity index (χ4n) is 6.99. The van der Waals surface area contributed by atoms with Crippen molar-refractivity contribution in [2.75, 3.05) is 0 Å². The number of furan rings is 1. The normalized spacial score (nSPS) is 12.3. The summed E-state index contributed by atoms with van der Waals surface area (Å²) in [5.74, 6) is 0.942. The van der Waals surface area contributed by atoms with E-state index in [4.69, 9.17) is 14.4 Å². The predicted molar refractivity (Wildman–Crippen MR) is 185 cm³/mol. The summed E-state index contributed by atoms with van der Waals surface area (Å²) in [5, 5.41) is 4.58. The maximum absolute atomic E-state index is 6.46. The standard InChI is InChI=1S/C40H30N4O/c1-40(2,3)44-33-19-11-14-25(38(33)43-39(44)29-16-10-15-27-26-12-4-6-18-32(26)42-37(27)29)24-22-30(31-17-8-9-21-41-31)36-28-13-5-7-20-34(28)45-35(36)23-24/h4-23,42H,1-3H3. The van der Waals surface area contributed by atoms with E-state index in [1.165, 1.54) is 10.8 Å². The molecule has 0 bridgehead atoms. The molecular weight excluding hydrogens is 552 g/mol. The molecule has 0 aliphatic carbocycles. The van der Waals surface area contributed by atoms with Crippen LogP contribution in [0.4, 0.5) is 0 Å². The van der Waals surface area contributed by atoms with Crippen LogP contribution in [0.3, 0.4) is 0 Å². The van der Waals surface area contributed by atoms with E-state index in [0.29, 0.717) is 0 Å². The van der Waals surface area contributed by atoms with Crippen LogP contribution in [0.15, 0.2) is 126 Å². The van der Waals surface area contributed by atoms with Crippen LogP contribution in [0.1, 0.15) is 20.8 Å². The second-order valence-corrected chi connectivity index (χ2v) is 12.7. The fourth-order valence-corrected chi connectivity index (χ4v) is 6.99. The summed E-state index contributed by atoms with van der Waals surface area (Å²) in [7, 11) is 0. The second-order valence-electron chi connectivity index (χ2n) is 12.7. The topological polar surface area (TPSA) is 59.6 Å². The van der Waals surface area contributed by atoms with E-state index in [2.05, 4.69) is 121 Å².